The van der Waals surface area contributed by atoms with Crippen molar-refractivity contribution in [2.45, 2.75) is 71.4 Å². The second-order valence-electron chi connectivity index (χ2n) is 5.32. The third-order valence-electron chi connectivity index (χ3n) is 3.63. The van der Waals surface area contributed by atoms with Gasteiger partial charge in [0.1, 0.15) is 0 Å². The van der Waals surface area contributed by atoms with E-state index in [1.165, 1.54) is 58.2 Å². The van der Waals surface area contributed by atoms with Crippen molar-refractivity contribution in [1.82, 2.24) is 10.2 Å². The van der Waals surface area contributed by atoms with E-state index in [0.29, 0.717) is 6.04 Å². The van der Waals surface area contributed by atoms with E-state index >= 15 is 0 Å². The first-order valence-corrected chi connectivity index (χ1v) is 7.24. The highest BCUT2D eigenvalue weighted by molar-refractivity contribution is 4.75. The van der Waals surface area contributed by atoms with Crippen molar-refractivity contribution in [2.75, 3.05) is 19.6 Å². The molecule has 1 fully saturated rings. The molecular weight excluding hydrogens is 196 g/mol. The van der Waals surface area contributed by atoms with Crippen LogP contribution in [0.2, 0.25) is 0 Å². The Labute approximate surface area is 102 Å². The fourth-order valence-electron chi connectivity index (χ4n) is 2.74. The quantitative estimate of drug-likeness (QED) is 0.718. The van der Waals surface area contributed by atoms with E-state index in [9.17, 15) is 0 Å². The highest BCUT2D eigenvalue weighted by Crippen LogP contribution is 2.09. The second-order valence-corrected chi connectivity index (χ2v) is 5.32. The van der Waals surface area contributed by atoms with E-state index in [4.69, 9.17) is 0 Å². The lowest BCUT2D eigenvalue weighted by molar-refractivity contribution is 0.202. The molecule has 2 atom stereocenters. The van der Waals surface area contributed by atoms with E-state index in [0.717, 1.165) is 6.04 Å². The smallest absolute Gasteiger partial charge is 0.0169 e. The highest BCUT2D eigenvalue weighted by atomic mass is 15.2. The molecule has 1 heterocycles. The summed E-state index contributed by atoms with van der Waals surface area (Å²) in [5.41, 5.74) is 0. The molecule has 16 heavy (non-hydrogen) atoms. The molecule has 0 aromatic carbocycles. The van der Waals surface area contributed by atoms with Crippen LogP contribution in [0, 0.1) is 0 Å². The van der Waals surface area contributed by atoms with Gasteiger partial charge in [-0.15, -0.1) is 0 Å². The van der Waals surface area contributed by atoms with Crippen LogP contribution >= 0.6 is 0 Å². The largest absolute Gasteiger partial charge is 0.310 e. The Morgan fingerprint density at radius 3 is 2.38 bits per heavy atom. The van der Waals surface area contributed by atoms with E-state index in [-0.39, 0.29) is 0 Å². The monoisotopic (exact) mass is 226 g/mol. The van der Waals surface area contributed by atoms with E-state index < -0.39 is 0 Å². The maximum atomic E-state index is 3.77. The van der Waals surface area contributed by atoms with Gasteiger partial charge in [0.25, 0.3) is 0 Å². The van der Waals surface area contributed by atoms with Gasteiger partial charge in [0.15, 0.2) is 0 Å². The first-order valence-electron chi connectivity index (χ1n) is 7.24. The van der Waals surface area contributed by atoms with Gasteiger partial charge >= 0.3 is 0 Å². The minimum atomic E-state index is 0.648. The molecule has 1 rings (SSSR count). The molecule has 1 N–H and O–H groups in total. The van der Waals surface area contributed by atoms with Gasteiger partial charge in [-0.3, -0.25) is 0 Å². The molecule has 2 heteroatoms. The van der Waals surface area contributed by atoms with Crippen molar-refractivity contribution in [3.8, 4) is 0 Å². The van der Waals surface area contributed by atoms with Crippen molar-refractivity contribution in [2.24, 2.45) is 0 Å². The molecule has 0 saturated carbocycles. The summed E-state index contributed by atoms with van der Waals surface area (Å²) in [7, 11) is 0. The maximum absolute atomic E-state index is 3.77. The molecule has 0 radical (unpaired) electrons. The minimum absolute atomic E-state index is 0.648. The fraction of sp³-hybridized carbons (Fsp3) is 1.00. The van der Waals surface area contributed by atoms with E-state index in [1.807, 2.05) is 0 Å². The summed E-state index contributed by atoms with van der Waals surface area (Å²) in [4.78, 5) is 2.62. The third-order valence-corrected chi connectivity index (χ3v) is 3.63. The molecule has 1 aliphatic rings. The Morgan fingerprint density at radius 2 is 1.81 bits per heavy atom. The Balaban J connectivity index is 2.19. The number of hydrogen-bond acceptors (Lipinski definition) is 2. The van der Waals surface area contributed by atoms with Crippen molar-refractivity contribution >= 4 is 0 Å². The summed E-state index contributed by atoms with van der Waals surface area (Å²) in [5.74, 6) is 0. The average Bonchev–Trinajstić information content (AvgIpc) is 2.29. The average molecular weight is 226 g/mol. The fourth-order valence-corrected chi connectivity index (χ4v) is 2.74. The summed E-state index contributed by atoms with van der Waals surface area (Å²) in [6.07, 6.45) is 8.12. The SMILES string of the molecule is CCCC(CC)NC(C)CN1CCCCC1. The van der Waals surface area contributed by atoms with Gasteiger partial charge in [0, 0.05) is 18.6 Å². The van der Waals surface area contributed by atoms with Crippen LogP contribution in [0.3, 0.4) is 0 Å². The number of nitrogens with one attached hydrogen (secondary N) is 1. The number of hydrogen-bond donors (Lipinski definition) is 1. The van der Waals surface area contributed by atoms with Crippen molar-refractivity contribution in [3.05, 3.63) is 0 Å². The Kier molecular flexibility index (Phi) is 7.06. The molecule has 0 bridgehead atoms. The van der Waals surface area contributed by atoms with Crippen LogP contribution in [0.15, 0.2) is 0 Å². The van der Waals surface area contributed by atoms with Crippen LogP contribution in [0.25, 0.3) is 0 Å². The standard InChI is InChI=1S/C14H30N2/c1-4-9-14(5-2)15-13(3)12-16-10-7-6-8-11-16/h13-15H,4-12H2,1-3H3. The van der Waals surface area contributed by atoms with Crippen molar-refractivity contribution < 1.29 is 0 Å². The minimum Gasteiger partial charge on any atom is -0.310 e. The summed E-state index contributed by atoms with van der Waals surface area (Å²) in [6, 6.07) is 1.37. The van der Waals surface area contributed by atoms with Gasteiger partial charge in [-0.1, -0.05) is 26.7 Å². The summed E-state index contributed by atoms with van der Waals surface area (Å²) >= 11 is 0. The highest BCUT2D eigenvalue weighted by Gasteiger charge is 2.15. The number of rotatable bonds is 7. The molecular formula is C14H30N2. The number of piperidine rings is 1. The topological polar surface area (TPSA) is 15.3 Å². The molecule has 2 unspecified atom stereocenters. The summed E-state index contributed by atoms with van der Waals surface area (Å²) < 4.78 is 0. The van der Waals surface area contributed by atoms with E-state index in [1.54, 1.807) is 0 Å². The zero-order valence-electron chi connectivity index (χ0n) is 11.5. The predicted octanol–water partition coefficient (Wildman–Crippen LogP) is 3.03. The van der Waals surface area contributed by atoms with Crippen LogP contribution in [0.4, 0.5) is 0 Å². The van der Waals surface area contributed by atoms with Crippen LogP contribution < -0.4 is 5.32 Å². The predicted molar refractivity (Wildman–Crippen MR) is 71.9 cm³/mol. The summed E-state index contributed by atoms with van der Waals surface area (Å²) in [5, 5.41) is 3.77. The van der Waals surface area contributed by atoms with Crippen LogP contribution in [0.5, 0.6) is 0 Å². The lowest BCUT2D eigenvalue weighted by Gasteiger charge is -2.31. The van der Waals surface area contributed by atoms with Crippen molar-refractivity contribution in [3.63, 3.8) is 0 Å². The molecule has 0 aromatic rings. The molecule has 0 amide bonds. The maximum Gasteiger partial charge on any atom is 0.0169 e. The Morgan fingerprint density at radius 1 is 1.12 bits per heavy atom. The first-order chi connectivity index (χ1) is 7.76. The van der Waals surface area contributed by atoms with Crippen LogP contribution in [-0.2, 0) is 0 Å². The van der Waals surface area contributed by atoms with Gasteiger partial charge in [-0.2, -0.15) is 0 Å². The zero-order chi connectivity index (χ0) is 11.8. The molecule has 1 aliphatic heterocycles. The van der Waals surface area contributed by atoms with Crippen LogP contribution in [0.1, 0.15) is 59.3 Å². The zero-order valence-corrected chi connectivity index (χ0v) is 11.5. The molecule has 0 spiro atoms. The van der Waals surface area contributed by atoms with Crippen LogP contribution in [-0.4, -0.2) is 36.6 Å². The van der Waals surface area contributed by atoms with Gasteiger partial charge in [-0.05, 0) is 45.7 Å². The molecule has 0 aromatic heterocycles. The Hall–Kier alpha value is -0.0800. The summed E-state index contributed by atoms with van der Waals surface area (Å²) in [6.45, 7) is 10.8. The number of likely N-dealkylation sites (tertiary alicyclic amines) is 1. The van der Waals surface area contributed by atoms with Gasteiger partial charge in [0.05, 0.1) is 0 Å². The molecule has 2 nitrogen and oxygen atoms in total. The van der Waals surface area contributed by atoms with Crippen molar-refractivity contribution in [1.29, 1.82) is 0 Å². The van der Waals surface area contributed by atoms with Gasteiger partial charge in [0.2, 0.25) is 0 Å². The van der Waals surface area contributed by atoms with Gasteiger partial charge in [-0.25, -0.2) is 0 Å². The molecule has 0 aliphatic carbocycles. The first kappa shape index (κ1) is 14.0. The molecule has 96 valence electrons. The van der Waals surface area contributed by atoms with E-state index in [2.05, 4.69) is 31.0 Å². The Bertz CT molecular complexity index is 157. The normalized spacial score (nSPS) is 21.9. The lowest BCUT2D eigenvalue weighted by atomic mass is 10.1. The lowest BCUT2D eigenvalue weighted by Crippen LogP contribution is -2.45. The van der Waals surface area contributed by atoms with Gasteiger partial charge < -0.3 is 10.2 Å². The third kappa shape index (κ3) is 5.31. The number of nitrogens with zero attached hydrogens (tertiary/aromatic N) is 1. The molecule has 1 saturated heterocycles. The second kappa shape index (κ2) is 8.08.